The predicted octanol–water partition coefficient (Wildman–Crippen LogP) is -0.235. The monoisotopic (exact) mass is 314 g/mol. The Balaban J connectivity index is 1.99. The van der Waals surface area contributed by atoms with Crippen molar-refractivity contribution in [2.24, 2.45) is 7.05 Å². The lowest BCUT2D eigenvalue weighted by Crippen LogP contribution is -2.37. The first-order valence-electron chi connectivity index (χ1n) is 6.99. The van der Waals surface area contributed by atoms with E-state index in [4.69, 9.17) is 0 Å². The third-order valence-electron chi connectivity index (χ3n) is 3.96. The summed E-state index contributed by atoms with van der Waals surface area (Å²) >= 11 is 0. The Morgan fingerprint density at radius 2 is 2.00 bits per heavy atom. The van der Waals surface area contributed by atoms with E-state index in [0.717, 1.165) is 11.3 Å². The zero-order valence-electron chi connectivity index (χ0n) is 12.7. The van der Waals surface area contributed by atoms with Gasteiger partial charge in [0.1, 0.15) is 0 Å². The van der Waals surface area contributed by atoms with Crippen molar-refractivity contribution in [2.45, 2.75) is 19.8 Å². The standard InChI is InChI=1S/C13H22N4O3S/c1-11-12(10-14-15(11)2)9-13(18)16-5-4-6-17(8-7-16)21(3,19)20/h10H,4-9H2,1-3H3. The first-order valence-corrected chi connectivity index (χ1v) is 8.84. The van der Waals surface area contributed by atoms with Crippen molar-refractivity contribution in [3.05, 3.63) is 17.5 Å². The summed E-state index contributed by atoms with van der Waals surface area (Å²) < 4.78 is 26.3. The van der Waals surface area contributed by atoms with Gasteiger partial charge in [-0.2, -0.15) is 5.10 Å². The highest BCUT2D eigenvalue weighted by atomic mass is 32.2. The van der Waals surface area contributed by atoms with Gasteiger partial charge in [-0.15, -0.1) is 0 Å². The van der Waals surface area contributed by atoms with Crippen LogP contribution in [0.5, 0.6) is 0 Å². The van der Waals surface area contributed by atoms with Crippen LogP contribution < -0.4 is 0 Å². The maximum Gasteiger partial charge on any atom is 0.227 e. The third-order valence-corrected chi connectivity index (χ3v) is 5.26. The molecule has 1 aliphatic heterocycles. The fraction of sp³-hybridized carbons (Fsp3) is 0.692. The molecule has 1 fully saturated rings. The Morgan fingerprint density at radius 3 is 2.57 bits per heavy atom. The second-order valence-corrected chi connectivity index (χ2v) is 7.43. The van der Waals surface area contributed by atoms with Crippen molar-refractivity contribution in [1.29, 1.82) is 0 Å². The molecule has 0 N–H and O–H groups in total. The van der Waals surface area contributed by atoms with Gasteiger partial charge in [0.25, 0.3) is 0 Å². The molecular weight excluding hydrogens is 292 g/mol. The van der Waals surface area contributed by atoms with Gasteiger partial charge in [0.15, 0.2) is 0 Å². The maximum absolute atomic E-state index is 12.4. The summed E-state index contributed by atoms with van der Waals surface area (Å²) in [5, 5.41) is 4.14. The lowest BCUT2D eigenvalue weighted by Gasteiger charge is -2.21. The number of nitrogens with zero attached hydrogens (tertiary/aromatic N) is 4. The van der Waals surface area contributed by atoms with Gasteiger partial charge in [0.2, 0.25) is 15.9 Å². The van der Waals surface area contributed by atoms with E-state index in [1.54, 1.807) is 15.8 Å². The quantitative estimate of drug-likeness (QED) is 0.772. The first-order chi connectivity index (χ1) is 9.79. The highest BCUT2D eigenvalue weighted by Crippen LogP contribution is 2.11. The van der Waals surface area contributed by atoms with Crippen molar-refractivity contribution in [3.63, 3.8) is 0 Å². The minimum Gasteiger partial charge on any atom is -0.341 e. The molecule has 118 valence electrons. The summed E-state index contributed by atoms with van der Waals surface area (Å²) in [6.45, 7) is 3.84. The van der Waals surface area contributed by atoms with Crippen LogP contribution >= 0.6 is 0 Å². The number of aryl methyl sites for hydroxylation is 1. The van der Waals surface area contributed by atoms with Gasteiger partial charge in [-0.25, -0.2) is 12.7 Å². The van der Waals surface area contributed by atoms with Gasteiger partial charge in [0.05, 0.1) is 18.9 Å². The Hall–Kier alpha value is -1.41. The number of rotatable bonds is 3. The van der Waals surface area contributed by atoms with E-state index < -0.39 is 10.0 Å². The van der Waals surface area contributed by atoms with Crippen LogP contribution in [0.1, 0.15) is 17.7 Å². The maximum atomic E-state index is 12.4. The molecule has 7 nitrogen and oxygen atoms in total. The SMILES string of the molecule is Cc1c(CC(=O)N2CCCN(S(C)(=O)=O)CC2)cnn1C. The molecule has 2 heterocycles. The lowest BCUT2D eigenvalue weighted by molar-refractivity contribution is -0.130. The highest BCUT2D eigenvalue weighted by Gasteiger charge is 2.24. The Labute approximate surface area is 125 Å². The van der Waals surface area contributed by atoms with Gasteiger partial charge in [-0.05, 0) is 13.3 Å². The molecule has 0 atom stereocenters. The number of amides is 1. The van der Waals surface area contributed by atoms with Crippen LogP contribution in [0.25, 0.3) is 0 Å². The average Bonchev–Trinajstić information content (AvgIpc) is 2.64. The Morgan fingerprint density at radius 1 is 1.29 bits per heavy atom. The van der Waals surface area contributed by atoms with Crippen molar-refractivity contribution in [3.8, 4) is 0 Å². The van der Waals surface area contributed by atoms with E-state index >= 15 is 0 Å². The van der Waals surface area contributed by atoms with Crippen LogP contribution in [0.2, 0.25) is 0 Å². The van der Waals surface area contributed by atoms with Gasteiger partial charge >= 0.3 is 0 Å². The molecule has 0 spiro atoms. The van der Waals surface area contributed by atoms with E-state index in [9.17, 15) is 13.2 Å². The van der Waals surface area contributed by atoms with Crippen molar-refractivity contribution in [1.82, 2.24) is 19.0 Å². The van der Waals surface area contributed by atoms with E-state index in [-0.39, 0.29) is 5.91 Å². The molecule has 1 saturated heterocycles. The van der Waals surface area contributed by atoms with Crippen molar-refractivity contribution in [2.75, 3.05) is 32.4 Å². The van der Waals surface area contributed by atoms with Crippen LogP contribution in [-0.2, 0) is 28.3 Å². The summed E-state index contributed by atoms with van der Waals surface area (Å²) in [5.41, 5.74) is 1.91. The summed E-state index contributed by atoms with van der Waals surface area (Å²) in [5.74, 6) is 0.0291. The summed E-state index contributed by atoms with van der Waals surface area (Å²) in [6, 6.07) is 0. The highest BCUT2D eigenvalue weighted by molar-refractivity contribution is 7.88. The van der Waals surface area contributed by atoms with Crippen LogP contribution in [0.15, 0.2) is 6.20 Å². The molecule has 0 aromatic carbocycles. The second-order valence-electron chi connectivity index (χ2n) is 5.45. The number of aromatic nitrogens is 2. The number of hydrogen-bond acceptors (Lipinski definition) is 4. The van der Waals surface area contributed by atoms with Crippen LogP contribution in [0.3, 0.4) is 0 Å². The van der Waals surface area contributed by atoms with Crippen molar-refractivity contribution < 1.29 is 13.2 Å². The van der Waals surface area contributed by atoms with Crippen LogP contribution in [-0.4, -0.2) is 65.7 Å². The first kappa shape index (κ1) is 16.0. The molecule has 0 bridgehead atoms. The smallest absolute Gasteiger partial charge is 0.227 e. The number of carbonyl (C=O) groups is 1. The molecule has 1 aromatic rings. The van der Waals surface area contributed by atoms with E-state index in [0.29, 0.717) is 39.0 Å². The summed E-state index contributed by atoms with van der Waals surface area (Å²) in [7, 11) is -1.33. The Bertz CT molecular complexity index is 623. The second kappa shape index (κ2) is 6.15. The predicted molar refractivity (Wildman–Crippen MR) is 79.3 cm³/mol. The van der Waals surface area contributed by atoms with Gasteiger partial charge in [0, 0.05) is 44.5 Å². The minimum atomic E-state index is -3.18. The van der Waals surface area contributed by atoms with Gasteiger partial charge < -0.3 is 4.90 Å². The molecule has 1 aliphatic rings. The molecule has 21 heavy (non-hydrogen) atoms. The molecule has 8 heteroatoms. The largest absolute Gasteiger partial charge is 0.341 e. The van der Waals surface area contributed by atoms with E-state index in [1.807, 2.05) is 14.0 Å². The molecular formula is C13H22N4O3S. The Kier molecular flexibility index (Phi) is 4.67. The molecule has 0 aliphatic carbocycles. The topological polar surface area (TPSA) is 75.5 Å². The molecule has 2 rings (SSSR count). The summed E-state index contributed by atoms with van der Waals surface area (Å²) in [6.07, 6.45) is 3.92. The third kappa shape index (κ3) is 3.82. The van der Waals surface area contributed by atoms with Gasteiger partial charge in [-0.1, -0.05) is 0 Å². The fourth-order valence-corrected chi connectivity index (χ4v) is 3.34. The minimum absolute atomic E-state index is 0.0291. The summed E-state index contributed by atoms with van der Waals surface area (Å²) in [4.78, 5) is 14.1. The average molecular weight is 314 g/mol. The zero-order valence-corrected chi connectivity index (χ0v) is 13.6. The molecule has 1 aromatic heterocycles. The molecule has 0 saturated carbocycles. The van der Waals surface area contributed by atoms with Crippen molar-refractivity contribution >= 4 is 15.9 Å². The lowest BCUT2D eigenvalue weighted by atomic mass is 10.1. The molecule has 0 unspecified atom stereocenters. The molecule has 1 amide bonds. The molecule has 0 radical (unpaired) electrons. The number of sulfonamides is 1. The van der Waals surface area contributed by atoms with Gasteiger partial charge in [-0.3, -0.25) is 9.48 Å². The van der Waals surface area contributed by atoms with Crippen LogP contribution in [0, 0.1) is 6.92 Å². The normalized spacial score (nSPS) is 17.8. The van der Waals surface area contributed by atoms with E-state index in [1.165, 1.54) is 10.6 Å². The van der Waals surface area contributed by atoms with E-state index in [2.05, 4.69) is 5.10 Å². The number of hydrogen-bond donors (Lipinski definition) is 0. The zero-order chi connectivity index (χ0) is 15.6. The van der Waals surface area contributed by atoms with Crippen LogP contribution in [0.4, 0.5) is 0 Å². The number of carbonyl (C=O) groups excluding carboxylic acids is 1. The fourth-order valence-electron chi connectivity index (χ4n) is 2.47.